The van der Waals surface area contributed by atoms with Crippen LogP contribution in [0.5, 0.6) is 11.5 Å². The molecule has 0 spiro atoms. The molecule has 2 unspecified atom stereocenters. The molecule has 0 aliphatic rings. The Hall–Kier alpha value is -4.24. The molecule has 4 N–H and O–H groups in total. The van der Waals surface area contributed by atoms with E-state index in [4.69, 9.17) is 16.3 Å². The molecule has 0 saturated heterocycles. The predicted octanol–water partition coefficient (Wildman–Crippen LogP) is 6.03. The van der Waals surface area contributed by atoms with Gasteiger partial charge in [-0.2, -0.15) is 0 Å². The number of aromatic hydroxyl groups is 2. The quantitative estimate of drug-likeness (QED) is 0.239. The van der Waals surface area contributed by atoms with Crippen LogP contribution in [0, 0.1) is 13.8 Å². The summed E-state index contributed by atoms with van der Waals surface area (Å²) in [7, 11) is 0. The Bertz CT molecular complexity index is 1410. The summed E-state index contributed by atoms with van der Waals surface area (Å²) in [6.45, 7) is 10.4. The van der Waals surface area contributed by atoms with E-state index >= 15 is 0 Å². The maximum Gasteiger partial charge on any atom is 0.408 e. The molecule has 224 valence electrons. The minimum absolute atomic E-state index is 0.0482. The number of nitrogens with one attached hydrogen (secondary N) is 2. The predicted molar refractivity (Wildman–Crippen MR) is 163 cm³/mol. The normalized spacial score (nSPS) is 12.6. The molecule has 3 rings (SSSR count). The van der Waals surface area contributed by atoms with Crippen LogP contribution in [0.1, 0.15) is 56.0 Å². The number of phenols is 2. The lowest BCUT2D eigenvalue weighted by Crippen LogP contribution is -2.53. The molecule has 0 aromatic heterocycles. The number of amides is 3. The summed E-state index contributed by atoms with van der Waals surface area (Å²) in [6, 6.07) is 14.0. The largest absolute Gasteiger partial charge is 0.508 e. The Morgan fingerprint density at radius 1 is 0.952 bits per heavy atom. The highest BCUT2D eigenvalue weighted by atomic mass is 35.5. The number of benzene rings is 3. The lowest BCUT2D eigenvalue weighted by Gasteiger charge is -2.34. The van der Waals surface area contributed by atoms with E-state index in [0.29, 0.717) is 27.4 Å². The van der Waals surface area contributed by atoms with E-state index in [9.17, 15) is 24.6 Å². The van der Waals surface area contributed by atoms with Crippen molar-refractivity contribution in [1.82, 2.24) is 10.2 Å². The van der Waals surface area contributed by atoms with Gasteiger partial charge in [-0.25, -0.2) is 4.79 Å². The zero-order valence-electron chi connectivity index (χ0n) is 24.7. The number of hydrogen-bond donors (Lipinski definition) is 4. The smallest absolute Gasteiger partial charge is 0.408 e. The Balaban J connectivity index is 2.08. The maximum atomic E-state index is 14.3. The molecule has 0 aliphatic heterocycles. The fourth-order valence-corrected chi connectivity index (χ4v) is 4.79. The summed E-state index contributed by atoms with van der Waals surface area (Å²) in [5.41, 5.74) is 1.68. The van der Waals surface area contributed by atoms with Crippen LogP contribution < -0.4 is 10.6 Å². The van der Waals surface area contributed by atoms with Crippen molar-refractivity contribution in [2.75, 3.05) is 11.9 Å². The Kier molecular flexibility index (Phi) is 10.5. The van der Waals surface area contributed by atoms with Crippen molar-refractivity contribution < 1.29 is 29.3 Å². The Morgan fingerprint density at radius 2 is 1.57 bits per heavy atom. The molecule has 0 heterocycles. The summed E-state index contributed by atoms with van der Waals surface area (Å²) in [6.07, 6.45) is -0.756. The second-order valence-corrected chi connectivity index (χ2v) is 11.4. The molecular weight excluding hydrogens is 558 g/mol. The summed E-state index contributed by atoms with van der Waals surface area (Å²) in [5.74, 6) is -1.25. The van der Waals surface area contributed by atoms with E-state index in [0.717, 1.165) is 0 Å². The zero-order chi connectivity index (χ0) is 31.2. The van der Waals surface area contributed by atoms with Crippen molar-refractivity contribution in [2.45, 2.75) is 65.6 Å². The number of para-hydroxylation sites is 2. The van der Waals surface area contributed by atoms with Crippen LogP contribution in [0.4, 0.5) is 10.5 Å². The van der Waals surface area contributed by atoms with Gasteiger partial charge in [-0.05, 0) is 76.4 Å². The van der Waals surface area contributed by atoms with Crippen molar-refractivity contribution in [1.29, 1.82) is 0 Å². The average Bonchev–Trinajstić information content (AvgIpc) is 2.90. The fourth-order valence-electron chi connectivity index (χ4n) is 4.52. The molecule has 0 saturated carbocycles. The number of carbonyl (C=O) groups excluding carboxylic acids is 3. The van der Waals surface area contributed by atoms with Crippen LogP contribution in [-0.4, -0.2) is 51.2 Å². The van der Waals surface area contributed by atoms with Crippen LogP contribution in [0.2, 0.25) is 5.02 Å². The van der Waals surface area contributed by atoms with Gasteiger partial charge in [0.15, 0.2) is 0 Å². The van der Waals surface area contributed by atoms with Gasteiger partial charge in [0, 0.05) is 18.5 Å². The number of phenolic OH excluding ortho intramolecular Hbond substituents is 2. The molecular formula is C32H38ClN3O6. The first-order chi connectivity index (χ1) is 19.7. The second kappa shape index (κ2) is 13.6. The highest BCUT2D eigenvalue weighted by molar-refractivity contribution is 6.34. The number of rotatable bonds is 9. The summed E-state index contributed by atoms with van der Waals surface area (Å²) < 4.78 is 5.43. The number of halogens is 1. The molecule has 10 heteroatoms. The SMILES string of the molecule is CCN(C(=O)C(Cc1ccc(O)cc1)NC(=O)OC(C)(C)C)C(C(=O)Nc1c(C)cccc1Cl)c1cccc(C)c1O. The van der Waals surface area contributed by atoms with Gasteiger partial charge in [0.25, 0.3) is 5.91 Å². The van der Waals surface area contributed by atoms with Crippen molar-refractivity contribution in [2.24, 2.45) is 0 Å². The first kappa shape index (κ1) is 32.3. The fraction of sp³-hybridized carbons (Fsp3) is 0.344. The molecule has 0 bridgehead atoms. The van der Waals surface area contributed by atoms with E-state index in [1.54, 1.807) is 90.1 Å². The van der Waals surface area contributed by atoms with E-state index in [1.807, 2.05) is 0 Å². The number of nitrogens with zero attached hydrogens (tertiary/aromatic N) is 1. The first-order valence-electron chi connectivity index (χ1n) is 13.6. The van der Waals surface area contributed by atoms with Crippen molar-refractivity contribution in [3.63, 3.8) is 0 Å². The van der Waals surface area contributed by atoms with Crippen LogP contribution >= 0.6 is 11.6 Å². The molecule has 3 aromatic carbocycles. The molecule has 2 atom stereocenters. The lowest BCUT2D eigenvalue weighted by molar-refractivity contribution is -0.140. The number of anilines is 1. The van der Waals surface area contributed by atoms with E-state index < -0.39 is 35.6 Å². The Labute approximate surface area is 251 Å². The van der Waals surface area contributed by atoms with Crippen LogP contribution in [0.3, 0.4) is 0 Å². The monoisotopic (exact) mass is 595 g/mol. The average molecular weight is 596 g/mol. The summed E-state index contributed by atoms with van der Waals surface area (Å²) >= 11 is 6.39. The summed E-state index contributed by atoms with van der Waals surface area (Å²) in [5, 5.41) is 26.6. The third-order valence-corrected chi connectivity index (χ3v) is 6.90. The van der Waals surface area contributed by atoms with Crippen molar-refractivity contribution in [3.8, 4) is 11.5 Å². The van der Waals surface area contributed by atoms with Crippen LogP contribution in [0.25, 0.3) is 0 Å². The van der Waals surface area contributed by atoms with Crippen LogP contribution in [-0.2, 0) is 20.7 Å². The topological polar surface area (TPSA) is 128 Å². The molecule has 42 heavy (non-hydrogen) atoms. The van der Waals surface area contributed by atoms with Gasteiger partial charge in [-0.3, -0.25) is 9.59 Å². The molecule has 3 aromatic rings. The zero-order valence-corrected chi connectivity index (χ0v) is 25.5. The summed E-state index contributed by atoms with van der Waals surface area (Å²) in [4.78, 5) is 42.4. The van der Waals surface area contributed by atoms with Gasteiger partial charge < -0.3 is 30.5 Å². The third kappa shape index (κ3) is 8.16. The number of carbonyl (C=O) groups is 3. The number of alkyl carbamates (subject to hydrolysis) is 1. The van der Waals surface area contributed by atoms with Gasteiger partial charge in [0.05, 0.1) is 10.7 Å². The van der Waals surface area contributed by atoms with Crippen LogP contribution in [0.15, 0.2) is 60.7 Å². The number of aryl methyl sites for hydroxylation is 2. The first-order valence-corrected chi connectivity index (χ1v) is 14.0. The van der Waals surface area contributed by atoms with Gasteiger partial charge in [-0.1, -0.05) is 54.1 Å². The van der Waals surface area contributed by atoms with Crippen molar-refractivity contribution >= 4 is 35.2 Å². The molecule has 3 amide bonds. The minimum atomic E-state index is -1.28. The van der Waals surface area contributed by atoms with Gasteiger partial charge >= 0.3 is 6.09 Å². The van der Waals surface area contributed by atoms with E-state index in [-0.39, 0.29) is 30.0 Å². The molecule has 0 aliphatic carbocycles. The lowest BCUT2D eigenvalue weighted by atomic mass is 9.98. The second-order valence-electron chi connectivity index (χ2n) is 11.0. The minimum Gasteiger partial charge on any atom is -0.508 e. The molecule has 9 nitrogen and oxygen atoms in total. The standard InChI is InChI=1S/C32H38ClN3O6/c1-7-36(30(40)25(34-31(41)42-32(4,5)6)18-21-14-16-22(37)17-15-21)27(23-12-8-11-20(3)28(23)38)29(39)35-26-19(2)10-9-13-24(26)33/h8-17,25,27,37-38H,7,18H2,1-6H3,(H,34,41)(H,35,39). The van der Waals surface area contributed by atoms with Gasteiger partial charge in [0.2, 0.25) is 5.91 Å². The Morgan fingerprint density at radius 3 is 2.17 bits per heavy atom. The highest BCUT2D eigenvalue weighted by Crippen LogP contribution is 2.34. The van der Waals surface area contributed by atoms with Crippen molar-refractivity contribution in [3.05, 3.63) is 87.9 Å². The number of likely N-dealkylation sites (N-methyl/N-ethyl adjacent to an activating group) is 1. The maximum absolute atomic E-state index is 14.3. The third-order valence-electron chi connectivity index (χ3n) is 6.58. The molecule has 0 fully saturated rings. The van der Waals surface area contributed by atoms with E-state index in [1.165, 1.54) is 17.0 Å². The van der Waals surface area contributed by atoms with E-state index in [2.05, 4.69) is 10.6 Å². The highest BCUT2D eigenvalue weighted by Gasteiger charge is 2.37. The van der Waals surface area contributed by atoms with Gasteiger partial charge in [0.1, 0.15) is 29.2 Å². The van der Waals surface area contributed by atoms with Gasteiger partial charge in [-0.15, -0.1) is 0 Å². The number of hydrogen-bond acceptors (Lipinski definition) is 6. The molecule has 0 radical (unpaired) electrons. The number of ether oxygens (including phenoxy) is 1.